The van der Waals surface area contributed by atoms with Crippen molar-refractivity contribution < 1.29 is 19.1 Å². The number of rotatable bonds is 8. The van der Waals surface area contributed by atoms with Gasteiger partial charge in [-0.15, -0.1) is 0 Å². The molecule has 1 aliphatic heterocycles. The fourth-order valence-electron chi connectivity index (χ4n) is 3.15. The van der Waals surface area contributed by atoms with Gasteiger partial charge in [0, 0.05) is 38.6 Å². The van der Waals surface area contributed by atoms with Crippen molar-refractivity contribution in [2.24, 2.45) is 4.99 Å². The van der Waals surface area contributed by atoms with Crippen LogP contribution >= 0.6 is 22.6 Å². The number of anilines is 1. The smallest absolute Gasteiger partial charge is 0.361 e. The molecule has 0 saturated heterocycles. The number of ether oxygens (including phenoxy) is 2. The van der Waals surface area contributed by atoms with Crippen LogP contribution in [0.4, 0.5) is 5.69 Å². The van der Waals surface area contributed by atoms with E-state index in [1.165, 1.54) is 0 Å². The highest BCUT2D eigenvalue weighted by molar-refractivity contribution is 14.1. The van der Waals surface area contributed by atoms with Gasteiger partial charge in [-0.3, -0.25) is 9.79 Å². The minimum Gasteiger partial charge on any atom is -0.463 e. The molecule has 8 heteroatoms. The van der Waals surface area contributed by atoms with Gasteiger partial charge in [-0.1, -0.05) is 46.9 Å². The Balaban J connectivity index is 1.60. The highest BCUT2D eigenvalue weighted by Crippen LogP contribution is 2.26. The number of fused-ring (bicyclic) bond motifs is 1. The minimum atomic E-state index is -0.434. The molecule has 164 valence electrons. The molecule has 31 heavy (non-hydrogen) atoms. The van der Waals surface area contributed by atoms with Gasteiger partial charge in [0.2, 0.25) is 0 Å². The lowest BCUT2D eigenvalue weighted by Crippen LogP contribution is -2.30. The Kier molecular flexibility index (Phi) is 7.89. The number of likely N-dealkylation sites (N-methyl/N-ethyl adjacent to an activating group) is 2. The van der Waals surface area contributed by atoms with Gasteiger partial charge in [0.15, 0.2) is 0 Å². The quantitative estimate of drug-likeness (QED) is 0.289. The number of nitrogens with zero attached hydrogens (tertiary/aromatic N) is 3. The Morgan fingerprint density at radius 1 is 1.26 bits per heavy atom. The third-order valence-electron chi connectivity index (χ3n) is 4.97. The van der Waals surface area contributed by atoms with Crippen molar-refractivity contribution in [3.63, 3.8) is 0 Å². The number of allylic oxidation sites excluding steroid dienone is 1. The first-order valence-electron chi connectivity index (χ1n) is 9.97. The zero-order valence-corrected chi connectivity index (χ0v) is 20.0. The first-order chi connectivity index (χ1) is 14.9. The average molecular weight is 535 g/mol. The topological polar surface area (TPSA) is 71.4 Å². The number of carbonyl (C=O) groups is 2. The largest absolute Gasteiger partial charge is 0.463 e. The van der Waals surface area contributed by atoms with Crippen LogP contribution in [0.3, 0.4) is 0 Å². The van der Waals surface area contributed by atoms with Gasteiger partial charge in [0.25, 0.3) is 0 Å². The van der Waals surface area contributed by atoms with E-state index in [0.717, 1.165) is 16.9 Å². The second-order valence-corrected chi connectivity index (χ2v) is 8.19. The predicted octanol–water partition coefficient (Wildman–Crippen LogP) is 3.21. The van der Waals surface area contributed by atoms with Gasteiger partial charge in [0.1, 0.15) is 24.1 Å². The Hall–Kier alpha value is -2.62. The van der Waals surface area contributed by atoms with Crippen LogP contribution in [0.15, 0.2) is 58.9 Å². The predicted molar refractivity (Wildman–Crippen MR) is 130 cm³/mol. The summed E-state index contributed by atoms with van der Waals surface area (Å²) in [5.74, 6) is -0.0373. The van der Waals surface area contributed by atoms with Crippen molar-refractivity contribution in [1.82, 2.24) is 4.90 Å². The number of hydrogen-bond acceptors (Lipinski definition) is 7. The molecule has 1 heterocycles. The summed E-state index contributed by atoms with van der Waals surface area (Å²) in [4.78, 5) is 32.1. The standard InChI is InChI=1S/C23H26IN3O4/c1-26(2)18-9-11-19-21(14-18)31-23(29)20(25-19)10-6-16-4-7-17(8-5-16)27(3)12-13-30-22(28)15-24/h4-10,14,19H,11-13,15H2,1-3H3/b10-6+. The SMILES string of the molecule is CN(C)C1=CCC2N=C(/C=C/c3ccc(N(C)CCOC(=O)CI)cc3)C(=O)OC2=C1. The minimum absolute atomic E-state index is 0.154. The number of benzene rings is 1. The summed E-state index contributed by atoms with van der Waals surface area (Å²) in [6.45, 7) is 0.964. The van der Waals surface area contributed by atoms with Gasteiger partial charge in [-0.2, -0.15) is 0 Å². The second-order valence-electron chi connectivity index (χ2n) is 7.43. The Morgan fingerprint density at radius 2 is 2.00 bits per heavy atom. The number of halogens is 1. The molecule has 0 saturated carbocycles. The van der Waals surface area contributed by atoms with Crippen molar-refractivity contribution in [3.8, 4) is 0 Å². The monoisotopic (exact) mass is 535 g/mol. The fraction of sp³-hybridized carbons (Fsp3) is 0.348. The number of aliphatic imine (C=N–C) groups is 1. The Labute approximate surface area is 196 Å². The molecule has 1 aromatic carbocycles. The fourth-order valence-corrected chi connectivity index (χ4v) is 3.37. The lowest BCUT2D eigenvalue weighted by Gasteiger charge is -2.26. The van der Waals surface area contributed by atoms with Crippen LogP contribution in [0.1, 0.15) is 12.0 Å². The van der Waals surface area contributed by atoms with Crippen molar-refractivity contribution in [1.29, 1.82) is 0 Å². The normalized spacial score (nSPS) is 17.9. The van der Waals surface area contributed by atoms with Gasteiger partial charge < -0.3 is 19.3 Å². The Bertz CT molecular complexity index is 948. The van der Waals surface area contributed by atoms with Crippen molar-refractivity contribution in [2.75, 3.05) is 43.6 Å². The first-order valence-corrected chi connectivity index (χ1v) is 11.5. The van der Waals surface area contributed by atoms with Crippen LogP contribution in [0.25, 0.3) is 6.08 Å². The van der Waals surface area contributed by atoms with Crippen LogP contribution in [-0.4, -0.2) is 67.3 Å². The lowest BCUT2D eigenvalue weighted by atomic mass is 10.0. The molecular weight excluding hydrogens is 509 g/mol. The second kappa shape index (κ2) is 10.6. The van der Waals surface area contributed by atoms with Gasteiger partial charge >= 0.3 is 11.9 Å². The molecule has 2 aliphatic rings. The third-order valence-corrected chi connectivity index (χ3v) is 5.59. The van der Waals surface area contributed by atoms with E-state index in [9.17, 15) is 9.59 Å². The van der Waals surface area contributed by atoms with Crippen molar-refractivity contribution in [2.45, 2.75) is 12.5 Å². The highest BCUT2D eigenvalue weighted by Gasteiger charge is 2.29. The molecule has 1 atom stereocenters. The molecule has 0 amide bonds. The molecular formula is C23H26IN3O4. The molecule has 0 bridgehead atoms. The lowest BCUT2D eigenvalue weighted by molar-refractivity contribution is -0.139. The molecule has 0 fully saturated rings. The van der Waals surface area contributed by atoms with Crippen LogP contribution in [-0.2, 0) is 19.1 Å². The van der Waals surface area contributed by atoms with Crippen molar-refractivity contribution >= 4 is 52.0 Å². The van der Waals surface area contributed by atoms with Gasteiger partial charge in [0.05, 0.1) is 11.0 Å². The number of carbonyl (C=O) groups excluding carboxylic acids is 2. The maximum absolute atomic E-state index is 12.3. The maximum Gasteiger partial charge on any atom is 0.361 e. The molecule has 7 nitrogen and oxygen atoms in total. The maximum atomic E-state index is 12.3. The molecule has 0 radical (unpaired) electrons. The zero-order valence-electron chi connectivity index (χ0n) is 17.9. The summed E-state index contributed by atoms with van der Waals surface area (Å²) in [7, 11) is 5.85. The molecule has 0 N–H and O–H groups in total. The van der Waals surface area contributed by atoms with Gasteiger partial charge in [-0.05, 0) is 30.2 Å². The van der Waals surface area contributed by atoms with Crippen LogP contribution in [0.2, 0.25) is 0 Å². The van der Waals surface area contributed by atoms with Crippen LogP contribution in [0.5, 0.6) is 0 Å². The van der Waals surface area contributed by atoms with E-state index < -0.39 is 5.97 Å². The van der Waals surface area contributed by atoms with E-state index in [1.54, 1.807) is 6.08 Å². The van der Waals surface area contributed by atoms with Crippen LogP contribution < -0.4 is 4.90 Å². The molecule has 1 aromatic rings. The van der Waals surface area contributed by atoms with Crippen molar-refractivity contribution in [3.05, 3.63) is 59.5 Å². The van der Waals surface area contributed by atoms with E-state index in [0.29, 0.717) is 35.5 Å². The summed E-state index contributed by atoms with van der Waals surface area (Å²) in [5, 5.41) is 0. The van der Waals surface area contributed by atoms with E-state index >= 15 is 0 Å². The summed E-state index contributed by atoms with van der Waals surface area (Å²) in [6, 6.07) is 7.74. The number of esters is 2. The molecule has 0 aromatic heterocycles. The zero-order chi connectivity index (χ0) is 22.4. The van der Waals surface area contributed by atoms with Gasteiger partial charge in [-0.25, -0.2) is 4.79 Å². The average Bonchev–Trinajstić information content (AvgIpc) is 2.77. The molecule has 1 unspecified atom stereocenters. The van der Waals surface area contributed by atoms with E-state index in [2.05, 4.69) is 11.1 Å². The van der Waals surface area contributed by atoms with Crippen LogP contribution in [0, 0.1) is 0 Å². The molecule has 3 rings (SSSR count). The van der Waals surface area contributed by atoms with E-state index in [4.69, 9.17) is 9.47 Å². The summed E-state index contributed by atoms with van der Waals surface area (Å²) in [6.07, 6.45) is 8.22. The molecule has 0 spiro atoms. The summed E-state index contributed by atoms with van der Waals surface area (Å²) >= 11 is 1.98. The van der Waals surface area contributed by atoms with E-state index in [1.807, 2.05) is 90.0 Å². The third kappa shape index (κ3) is 6.19. The molecule has 1 aliphatic carbocycles. The van der Waals surface area contributed by atoms with E-state index in [-0.39, 0.29) is 12.0 Å². The number of alkyl halides is 1. The summed E-state index contributed by atoms with van der Waals surface area (Å²) in [5.41, 5.74) is 3.30. The first kappa shape index (κ1) is 23.1. The Morgan fingerprint density at radius 3 is 2.68 bits per heavy atom. The highest BCUT2D eigenvalue weighted by atomic mass is 127. The summed E-state index contributed by atoms with van der Waals surface area (Å²) < 4.78 is 11.0. The number of hydrogen-bond donors (Lipinski definition) is 0.